The molecule has 1 saturated heterocycles. The lowest BCUT2D eigenvalue weighted by atomic mass is 10.1. The lowest BCUT2D eigenvalue weighted by molar-refractivity contribution is 0.00462. The molecule has 1 aliphatic heterocycles. The predicted octanol–water partition coefficient (Wildman–Crippen LogP) is 2.61. The van der Waals surface area contributed by atoms with Gasteiger partial charge in [0.15, 0.2) is 5.65 Å². The Hall–Kier alpha value is -2.47. The van der Waals surface area contributed by atoms with Crippen molar-refractivity contribution in [2.24, 2.45) is 0 Å². The van der Waals surface area contributed by atoms with E-state index in [-0.39, 0.29) is 0 Å². The van der Waals surface area contributed by atoms with Gasteiger partial charge in [-0.3, -0.25) is 4.40 Å². The van der Waals surface area contributed by atoms with Crippen molar-refractivity contribution in [3.05, 3.63) is 42.1 Å². The number of hydrogen-bond acceptors (Lipinski definition) is 5. The summed E-state index contributed by atoms with van der Waals surface area (Å²) in [5.74, 6) is 2.00. The molecular weight excluding hydrogens is 292 g/mol. The molecule has 4 heterocycles. The van der Waals surface area contributed by atoms with Gasteiger partial charge in [0, 0.05) is 12.4 Å². The molecule has 4 rings (SSSR count). The minimum atomic E-state index is 0.362. The molecule has 118 valence electrons. The highest BCUT2D eigenvalue weighted by Crippen LogP contribution is 2.29. The molecule has 0 amide bonds. The van der Waals surface area contributed by atoms with Crippen molar-refractivity contribution in [2.45, 2.75) is 19.8 Å². The van der Waals surface area contributed by atoms with Crippen LogP contribution >= 0.6 is 0 Å². The lowest BCUT2D eigenvalue weighted by Gasteiger charge is -2.24. The van der Waals surface area contributed by atoms with Crippen molar-refractivity contribution < 1.29 is 9.47 Å². The molecule has 23 heavy (non-hydrogen) atoms. The van der Waals surface area contributed by atoms with Crippen LogP contribution in [0.1, 0.15) is 24.4 Å². The van der Waals surface area contributed by atoms with Crippen molar-refractivity contribution in [3.8, 4) is 17.1 Å². The summed E-state index contributed by atoms with van der Waals surface area (Å²) in [6.07, 6.45) is 3.75. The van der Waals surface area contributed by atoms with E-state index in [4.69, 9.17) is 14.5 Å². The smallest absolute Gasteiger partial charge is 0.222 e. The Morgan fingerprint density at radius 2 is 2.17 bits per heavy atom. The van der Waals surface area contributed by atoms with Gasteiger partial charge in [-0.2, -0.15) is 0 Å². The maximum absolute atomic E-state index is 5.61. The normalized spacial score (nSPS) is 14.9. The zero-order valence-corrected chi connectivity index (χ0v) is 13.2. The van der Waals surface area contributed by atoms with Gasteiger partial charge in [0.05, 0.1) is 42.7 Å². The third-order valence-electron chi connectivity index (χ3n) is 4.02. The minimum Gasteiger partial charge on any atom is -0.477 e. The summed E-state index contributed by atoms with van der Waals surface area (Å²) in [7, 11) is 0. The second kappa shape index (κ2) is 5.62. The van der Waals surface area contributed by atoms with Crippen LogP contribution in [-0.2, 0) is 4.74 Å². The van der Waals surface area contributed by atoms with E-state index in [2.05, 4.69) is 14.4 Å². The molecule has 6 nitrogen and oxygen atoms in total. The Morgan fingerprint density at radius 3 is 2.91 bits per heavy atom. The molecule has 0 bridgehead atoms. The highest BCUT2D eigenvalue weighted by Gasteiger charge is 2.26. The van der Waals surface area contributed by atoms with Crippen molar-refractivity contribution in [1.82, 2.24) is 19.4 Å². The third-order valence-corrected chi connectivity index (χ3v) is 4.02. The van der Waals surface area contributed by atoms with E-state index in [1.54, 1.807) is 6.20 Å². The molecular formula is C17H18N4O2. The first kappa shape index (κ1) is 14.1. The molecule has 0 radical (unpaired) electrons. The Morgan fingerprint density at radius 1 is 1.30 bits per heavy atom. The van der Waals surface area contributed by atoms with Crippen LogP contribution in [0.5, 0.6) is 5.88 Å². The number of fused-ring (bicyclic) bond motifs is 1. The van der Waals surface area contributed by atoms with Gasteiger partial charge in [-0.05, 0) is 32.0 Å². The largest absolute Gasteiger partial charge is 0.477 e. The van der Waals surface area contributed by atoms with Gasteiger partial charge >= 0.3 is 0 Å². The van der Waals surface area contributed by atoms with Gasteiger partial charge in [-0.25, -0.2) is 15.0 Å². The van der Waals surface area contributed by atoms with Gasteiger partial charge in [0.2, 0.25) is 5.88 Å². The third kappa shape index (κ3) is 2.35. The summed E-state index contributed by atoms with van der Waals surface area (Å²) in [6, 6.07) is 5.85. The fourth-order valence-electron chi connectivity index (χ4n) is 2.80. The van der Waals surface area contributed by atoms with Crippen LogP contribution in [0.2, 0.25) is 0 Å². The fraction of sp³-hybridized carbons (Fsp3) is 0.353. The van der Waals surface area contributed by atoms with Crippen molar-refractivity contribution in [3.63, 3.8) is 0 Å². The SMILES string of the molecule is CCOc1ncccc1-c1ccn2c(C3COC3)nc(C)c2n1. The number of hydrogen-bond donors (Lipinski definition) is 0. The zero-order valence-electron chi connectivity index (χ0n) is 13.2. The standard InChI is InChI=1S/C17H18N4O2/c1-3-23-17-13(5-4-7-18-17)14-6-8-21-15(20-14)11(2)19-16(21)12-9-22-10-12/h4-8,12H,3,9-10H2,1-2H3. The number of imidazole rings is 1. The van der Waals surface area contributed by atoms with Crippen molar-refractivity contribution in [2.75, 3.05) is 19.8 Å². The minimum absolute atomic E-state index is 0.362. The molecule has 0 N–H and O–H groups in total. The first-order valence-electron chi connectivity index (χ1n) is 7.79. The average Bonchev–Trinajstić information content (AvgIpc) is 2.83. The van der Waals surface area contributed by atoms with Crippen LogP contribution in [0.4, 0.5) is 0 Å². The van der Waals surface area contributed by atoms with Crippen LogP contribution in [-0.4, -0.2) is 39.2 Å². The van der Waals surface area contributed by atoms with Crippen LogP contribution in [0.3, 0.4) is 0 Å². The fourth-order valence-corrected chi connectivity index (χ4v) is 2.80. The van der Waals surface area contributed by atoms with E-state index in [9.17, 15) is 0 Å². The molecule has 1 fully saturated rings. The molecule has 0 unspecified atom stereocenters. The molecule has 0 aliphatic carbocycles. The molecule has 1 aliphatic rings. The summed E-state index contributed by atoms with van der Waals surface area (Å²) in [6.45, 7) is 5.98. The molecule has 0 aromatic carbocycles. The second-order valence-electron chi connectivity index (χ2n) is 5.59. The van der Waals surface area contributed by atoms with E-state index in [1.807, 2.05) is 38.2 Å². The van der Waals surface area contributed by atoms with Gasteiger partial charge in [0.25, 0.3) is 0 Å². The van der Waals surface area contributed by atoms with Crippen LogP contribution in [0, 0.1) is 6.92 Å². The molecule has 0 atom stereocenters. The van der Waals surface area contributed by atoms with E-state index in [0.29, 0.717) is 18.4 Å². The lowest BCUT2D eigenvalue weighted by Crippen LogP contribution is -2.27. The van der Waals surface area contributed by atoms with E-state index >= 15 is 0 Å². The molecule has 0 spiro atoms. The average molecular weight is 310 g/mol. The first-order chi connectivity index (χ1) is 11.3. The van der Waals surface area contributed by atoms with E-state index in [1.165, 1.54) is 0 Å². The van der Waals surface area contributed by atoms with Crippen LogP contribution < -0.4 is 4.74 Å². The Labute approximate surface area is 134 Å². The summed E-state index contributed by atoms with van der Waals surface area (Å²) in [5.41, 5.74) is 3.53. The monoisotopic (exact) mass is 310 g/mol. The maximum Gasteiger partial charge on any atom is 0.222 e. The number of aromatic nitrogens is 4. The van der Waals surface area contributed by atoms with E-state index < -0.39 is 0 Å². The Bertz CT molecular complexity index is 855. The summed E-state index contributed by atoms with van der Waals surface area (Å²) in [4.78, 5) is 13.8. The summed E-state index contributed by atoms with van der Waals surface area (Å²) >= 11 is 0. The highest BCUT2D eigenvalue weighted by molar-refractivity contribution is 5.67. The van der Waals surface area contributed by atoms with Gasteiger partial charge in [0.1, 0.15) is 5.82 Å². The second-order valence-corrected chi connectivity index (χ2v) is 5.59. The number of ether oxygens (including phenoxy) is 2. The number of aryl methyl sites for hydroxylation is 1. The zero-order chi connectivity index (χ0) is 15.8. The molecule has 6 heteroatoms. The molecule has 3 aromatic heterocycles. The topological polar surface area (TPSA) is 61.5 Å². The first-order valence-corrected chi connectivity index (χ1v) is 7.79. The number of nitrogens with zero attached hydrogens (tertiary/aromatic N) is 4. The van der Waals surface area contributed by atoms with Crippen molar-refractivity contribution in [1.29, 1.82) is 0 Å². The quantitative estimate of drug-likeness (QED) is 0.741. The van der Waals surface area contributed by atoms with Gasteiger partial charge < -0.3 is 9.47 Å². The van der Waals surface area contributed by atoms with E-state index in [0.717, 1.165) is 41.6 Å². The number of pyridine rings is 1. The maximum atomic E-state index is 5.61. The van der Waals surface area contributed by atoms with Crippen molar-refractivity contribution >= 4 is 5.65 Å². The van der Waals surface area contributed by atoms with Crippen LogP contribution in [0.25, 0.3) is 16.9 Å². The summed E-state index contributed by atoms with van der Waals surface area (Å²) in [5, 5.41) is 0. The Kier molecular flexibility index (Phi) is 3.46. The predicted molar refractivity (Wildman–Crippen MR) is 85.7 cm³/mol. The van der Waals surface area contributed by atoms with Gasteiger partial charge in [-0.1, -0.05) is 0 Å². The number of rotatable bonds is 4. The Balaban J connectivity index is 1.82. The molecule has 0 saturated carbocycles. The van der Waals surface area contributed by atoms with Crippen LogP contribution in [0.15, 0.2) is 30.6 Å². The molecule has 3 aromatic rings. The van der Waals surface area contributed by atoms with Gasteiger partial charge in [-0.15, -0.1) is 0 Å². The summed E-state index contributed by atoms with van der Waals surface area (Å²) < 4.78 is 13.0. The highest BCUT2D eigenvalue weighted by atomic mass is 16.5.